The maximum absolute atomic E-state index is 11.5. The van der Waals surface area contributed by atoms with Crippen molar-refractivity contribution in [3.05, 3.63) is 41.0 Å². The van der Waals surface area contributed by atoms with Gasteiger partial charge in [-0.1, -0.05) is 0 Å². The standard InChI is InChI=1S/C22H23N3O5S2/c1-3-28-17-11-19(32-21(17)22(26)27)14-9-20(25-12-24-14)23-5-4-13-8-15-16(10-18(13)31-2)30-7-6-29-15/h8-12H,3-7H2,1-2H3,(H,26,27)(H,23,24,25). The molecule has 8 nitrogen and oxygen atoms in total. The van der Waals surface area contributed by atoms with Gasteiger partial charge in [-0.05, 0) is 37.3 Å². The molecule has 10 heteroatoms. The summed E-state index contributed by atoms with van der Waals surface area (Å²) in [6.45, 7) is 4.01. The van der Waals surface area contributed by atoms with E-state index in [0.717, 1.165) is 34.2 Å². The molecule has 3 heterocycles. The number of hydrogen-bond acceptors (Lipinski definition) is 9. The number of rotatable bonds is 9. The summed E-state index contributed by atoms with van der Waals surface area (Å²) in [5.41, 5.74) is 1.82. The summed E-state index contributed by atoms with van der Waals surface area (Å²) in [5.74, 6) is 1.59. The van der Waals surface area contributed by atoms with Crippen LogP contribution < -0.4 is 19.5 Å². The highest BCUT2D eigenvalue weighted by Gasteiger charge is 2.19. The Balaban J connectivity index is 1.46. The summed E-state index contributed by atoms with van der Waals surface area (Å²) in [6, 6.07) is 7.60. The van der Waals surface area contributed by atoms with E-state index in [2.05, 4.69) is 15.3 Å². The number of carbonyl (C=O) groups is 1. The second-order valence-corrected chi connectivity index (χ2v) is 8.72. The van der Waals surface area contributed by atoms with Crippen molar-refractivity contribution in [1.29, 1.82) is 0 Å². The third-order valence-corrected chi connectivity index (χ3v) is 6.70. The van der Waals surface area contributed by atoms with E-state index < -0.39 is 5.97 Å². The smallest absolute Gasteiger partial charge is 0.349 e. The van der Waals surface area contributed by atoms with Gasteiger partial charge in [0.2, 0.25) is 0 Å². The van der Waals surface area contributed by atoms with Crippen LogP contribution in [0.1, 0.15) is 22.2 Å². The van der Waals surface area contributed by atoms with Gasteiger partial charge in [0.15, 0.2) is 16.4 Å². The molecule has 32 heavy (non-hydrogen) atoms. The van der Waals surface area contributed by atoms with Crippen molar-refractivity contribution in [3.8, 4) is 27.8 Å². The molecule has 0 radical (unpaired) electrons. The molecule has 3 aromatic rings. The zero-order valence-corrected chi connectivity index (χ0v) is 19.3. The molecule has 2 aromatic heterocycles. The van der Waals surface area contributed by atoms with Crippen molar-refractivity contribution in [2.24, 2.45) is 0 Å². The largest absolute Gasteiger partial charge is 0.492 e. The minimum absolute atomic E-state index is 0.165. The number of benzene rings is 1. The molecule has 4 rings (SSSR count). The van der Waals surface area contributed by atoms with Crippen LogP contribution >= 0.6 is 23.1 Å². The van der Waals surface area contributed by atoms with Crippen LogP contribution in [0, 0.1) is 0 Å². The Hall–Kier alpha value is -2.98. The second kappa shape index (κ2) is 10.1. The SMILES string of the molecule is CCOc1cc(-c2cc(NCCc3cc4c(cc3SC)OCCO4)ncn2)sc1C(=O)O. The first-order valence-corrected chi connectivity index (χ1v) is 12.2. The van der Waals surface area contributed by atoms with Gasteiger partial charge in [-0.3, -0.25) is 0 Å². The molecule has 1 aromatic carbocycles. The number of thiophene rings is 1. The van der Waals surface area contributed by atoms with E-state index in [9.17, 15) is 9.90 Å². The average Bonchev–Trinajstić information content (AvgIpc) is 3.23. The maximum Gasteiger partial charge on any atom is 0.349 e. The predicted octanol–water partition coefficient (Wildman–Crippen LogP) is 4.45. The van der Waals surface area contributed by atoms with Gasteiger partial charge in [-0.15, -0.1) is 23.1 Å². The minimum Gasteiger partial charge on any atom is -0.492 e. The monoisotopic (exact) mass is 473 g/mol. The number of aromatic carboxylic acids is 1. The first-order chi connectivity index (χ1) is 15.6. The van der Waals surface area contributed by atoms with E-state index in [1.165, 1.54) is 11.9 Å². The third kappa shape index (κ3) is 4.91. The Morgan fingerprint density at radius 1 is 1.22 bits per heavy atom. The predicted molar refractivity (Wildman–Crippen MR) is 125 cm³/mol. The van der Waals surface area contributed by atoms with Gasteiger partial charge in [-0.25, -0.2) is 14.8 Å². The molecule has 0 unspecified atom stereocenters. The normalized spacial score (nSPS) is 12.4. The van der Waals surface area contributed by atoms with Gasteiger partial charge < -0.3 is 24.6 Å². The van der Waals surface area contributed by atoms with Crippen molar-refractivity contribution in [2.75, 3.05) is 37.9 Å². The lowest BCUT2D eigenvalue weighted by Crippen LogP contribution is -2.16. The molecular formula is C22H23N3O5S2. The van der Waals surface area contributed by atoms with Crippen molar-refractivity contribution in [3.63, 3.8) is 0 Å². The minimum atomic E-state index is -1.01. The van der Waals surface area contributed by atoms with Gasteiger partial charge >= 0.3 is 5.97 Å². The number of fused-ring (bicyclic) bond motifs is 1. The molecule has 1 aliphatic rings. The van der Waals surface area contributed by atoms with Crippen LogP contribution in [-0.2, 0) is 6.42 Å². The van der Waals surface area contributed by atoms with E-state index in [1.54, 1.807) is 17.8 Å². The van der Waals surface area contributed by atoms with Gasteiger partial charge in [0.25, 0.3) is 0 Å². The summed E-state index contributed by atoms with van der Waals surface area (Å²) in [6.07, 6.45) is 4.29. The van der Waals surface area contributed by atoms with Crippen LogP contribution in [-0.4, -0.2) is 53.7 Å². The molecule has 0 fully saturated rings. The van der Waals surface area contributed by atoms with Gasteiger partial charge in [-0.2, -0.15) is 0 Å². The van der Waals surface area contributed by atoms with Crippen LogP contribution in [0.5, 0.6) is 17.2 Å². The fourth-order valence-electron chi connectivity index (χ4n) is 3.32. The van der Waals surface area contributed by atoms with E-state index in [4.69, 9.17) is 14.2 Å². The van der Waals surface area contributed by atoms with Gasteiger partial charge in [0.1, 0.15) is 31.1 Å². The maximum atomic E-state index is 11.5. The topological polar surface area (TPSA) is 103 Å². The highest BCUT2D eigenvalue weighted by molar-refractivity contribution is 7.98. The zero-order chi connectivity index (χ0) is 22.5. The molecule has 2 N–H and O–H groups in total. The summed E-state index contributed by atoms with van der Waals surface area (Å²) >= 11 is 2.81. The fraction of sp³-hybridized carbons (Fsp3) is 0.318. The van der Waals surface area contributed by atoms with Crippen LogP contribution in [0.4, 0.5) is 5.82 Å². The number of carboxylic acid groups (broad SMARTS) is 1. The number of nitrogens with zero attached hydrogens (tertiary/aromatic N) is 2. The van der Waals surface area contributed by atoms with Crippen molar-refractivity contribution in [2.45, 2.75) is 18.2 Å². The second-order valence-electron chi connectivity index (χ2n) is 6.82. The summed E-state index contributed by atoms with van der Waals surface area (Å²) in [7, 11) is 0. The quantitative estimate of drug-likeness (QED) is 0.436. The lowest BCUT2D eigenvalue weighted by molar-refractivity contribution is 0.0698. The number of nitrogens with one attached hydrogen (secondary N) is 1. The Morgan fingerprint density at radius 2 is 2.00 bits per heavy atom. The van der Waals surface area contributed by atoms with Crippen LogP contribution in [0.25, 0.3) is 10.6 Å². The van der Waals surface area contributed by atoms with E-state index >= 15 is 0 Å². The Labute approximate surface area is 194 Å². The molecule has 0 aliphatic carbocycles. The zero-order valence-electron chi connectivity index (χ0n) is 17.7. The van der Waals surface area contributed by atoms with Crippen molar-refractivity contribution >= 4 is 34.9 Å². The van der Waals surface area contributed by atoms with Crippen LogP contribution in [0.3, 0.4) is 0 Å². The van der Waals surface area contributed by atoms with Gasteiger partial charge in [0.05, 0.1) is 17.2 Å². The molecule has 1 aliphatic heterocycles. The van der Waals surface area contributed by atoms with E-state index in [0.29, 0.717) is 48.5 Å². The molecule has 0 saturated heterocycles. The highest BCUT2D eigenvalue weighted by atomic mass is 32.2. The Bertz CT molecular complexity index is 1120. The summed E-state index contributed by atoms with van der Waals surface area (Å²) < 4.78 is 16.8. The molecule has 168 valence electrons. The molecule has 0 atom stereocenters. The molecule has 0 bridgehead atoms. The first-order valence-electron chi connectivity index (χ1n) is 10.1. The lowest BCUT2D eigenvalue weighted by atomic mass is 10.1. The molecular weight excluding hydrogens is 450 g/mol. The van der Waals surface area contributed by atoms with E-state index in [-0.39, 0.29) is 4.88 Å². The molecule has 0 saturated carbocycles. The number of aromatic nitrogens is 2. The van der Waals surface area contributed by atoms with Crippen LogP contribution in [0.2, 0.25) is 0 Å². The van der Waals surface area contributed by atoms with Crippen molar-refractivity contribution in [1.82, 2.24) is 9.97 Å². The summed E-state index contributed by atoms with van der Waals surface area (Å²) in [4.78, 5) is 22.1. The molecule has 0 amide bonds. The first kappa shape index (κ1) is 22.2. The number of carboxylic acids is 1. The number of hydrogen-bond donors (Lipinski definition) is 2. The Kier molecular flexibility index (Phi) is 7.01. The van der Waals surface area contributed by atoms with Gasteiger partial charge in [0, 0.05) is 23.6 Å². The van der Waals surface area contributed by atoms with E-state index in [1.807, 2.05) is 31.4 Å². The number of ether oxygens (including phenoxy) is 3. The summed E-state index contributed by atoms with van der Waals surface area (Å²) in [5, 5.41) is 12.7. The average molecular weight is 474 g/mol. The Morgan fingerprint density at radius 3 is 2.72 bits per heavy atom. The number of thioether (sulfide) groups is 1. The third-order valence-electron chi connectivity index (χ3n) is 4.76. The van der Waals surface area contributed by atoms with Crippen LogP contribution in [0.15, 0.2) is 35.5 Å². The molecule has 0 spiro atoms. The fourth-order valence-corrected chi connectivity index (χ4v) is 4.88. The number of anilines is 1. The van der Waals surface area contributed by atoms with Crippen molar-refractivity contribution < 1.29 is 24.1 Å². The highest BCUT2D eigenvalue weighted by Crippen LogP contribution is 2.37. The lowest BCUT2D eigenvalue weighted by Gasteiger charge is -2.20.